The molecule has 1 fully saturated rings. The summed E-state index contributed by atoms with van der Waals surface area (Å²) >= 11 is 0. The van der Waals surface area contributed by atoms with Crippen LogP contribution in [-0.4, -0.2) is 27.7 Å². The van der Waals surface area contributed by atoms with Crippen LogP contribution in [0.3, 0.4) is 0 Å². The van der Waals surface area contributed by atoms with E-state index in [9.17, 15) is 0 Å². The van der Waals surface area contributed by atoms with Gasteiger partial charge in [0.1, 0.15) is 0 Å². The van der Waals surface area contributed by atoms with E-state index in [0.717, 1.165) is 5.69 Å². The third kappa shape index (κ3) is 1.77. The molecule has 0 saturated carbocycles. The van der Waals surface area contributed by atoms with Gasteiger partial charge in [0.25, 0.3) is 0 Å². The van der Waals surface area contributed by atoms with Crippen LogP contribution in [0.2, 0.25) is 0 Å². The van der Waals surface area contributed by atoms with Crippen LogP contribution in [0.4, 0.5) is 0 Å². The predicted octanol–water partition coefficient (Wildman–Crippen LogP) is 2.02. The maximum atomic E-state index is 4.20. The Bertz CT molecular complexity index is 284. The maximum absolute atomic E-state index is 4.20. The minimum Gasteiger partial charge on any atom is -0.292 e. The van der Waals surface area contributed by atoms with Crippen LogP contribution in [0.1, 0.15) is 38.4 Å². The topological polar surface area (TPSA) is 29.0 Å². The molecule has 2 rings (SSSR count). The van der Waals surface area contributed by atoms with Crippen LogP contribution in [0.5, 0.6) is 0 Å². The molecule has 3 heteroatoms. The second-order valence-electron chi connectivity index (χ2n) is 4.14. The molecule has 0 aliphatic carbocycles. The normalized spacial score (nSPS) is 23.2. The Labute approximate surface area is 85.1 Å². The molecule has 0 spiro atoms. The second kappa shape index (κ2) is 4.05. The maximum Gasteiger partial charge on any atom is 0.0802 e. The summed E-state index contributed by atoms with van der Waals surface area (Å²) in [5, 5.41) is 8.15. The summed E-state index contributed by atoms with van der Waals surface area (Å²) in [5.41, 5.74) is 1.12. The smallest absolute Gasteiger partial charge is 0.0802 e. The van der Waals surface area contributed by atoms with Crippen molar-refractivity contribution in [3.8, 4) is 0 Å². The molecule has 1 aliphatic heterocycles. The molecule has 2 heterocycles. The third-order valence-corrected chi connectivity index (χ3v) is 2.89. The summed E-state index contributed by atoms with van der Waals surface area (Å²) in [7, 11) is 0. The molecule has 3 nitrogen and oxygen atoms in total. The van der Waals surface area contributed by atoms with Crippen molar-refractivity contribution in [1.29, 1.82) is 0 Å². The Hall–Kier alpha value is -0.960. The van der Waals surface area contributed by atoms with E-state index >= 15 is 0 Å². The number of nitrogens with zero attached hydrogens (tertiary/aromatic N) is 3. The summed E-state index contributed by atoms with van der Waals surface area (Å²) in [4.78, 5) is 2.50. The van der Waals surface area contributed by atoms with E-state index in [-0.39, 0.29) is 0 Å². The van der Waals surface area contributed by atoms with Crippen molar-refractivity contribution < 1.29 is 0 Å². The van der Waals surface area contributed by atoms with Gasteiger partial charge in [0.05, 0.1) is 11.7 Å². The van der Waals surface area contributed by atoms with Crippen LogP contribution in [0.25, 0.3) is 0 Å². The van der Waals surface area contributed by atoms with Crippen LogP contribution >= 0.6 is 0 Å². The molecule has 0 aromatic carbocycles. The highest BCUT2D eigenvalue weighted by Gasteiger charge is 2.28. The molecule has 1 aromatic heterocycles. The Morgan fingerprint density at radius 2 is 2.36 bits per heavy atom. The van der Waals surface area contributed by atoms with Gasteiger partial charge in [0, 0.05) is 12.2 Å². The largest absolute Gasteiger partial charge is 0.292 e. The molecular weight excluding hydrogens is 174 g/mol. The molecule has 1 aromatic rings. The molecule has 1 unspecified atom stereocenters. The van der Waals surface area contributed by atoms with Crippen LogP contribution < -0.4 is 0 Å². The Morgan fingerprint density at radius 3 is 3.00 bits per heavy atom. The highest BCUT2D eigenvalue weighted by atomic mass is 15.2. The SMILES string of the molecule is CC(C)N1CCCC1c1cccnn1. The van der Waals surface area contributed by atoms with Gasteiger partial charge in [-0.25, -0.2) is 0 Å². The van der Waals surface area contributed by atoms with Crippen molar-refractivity contribution in [2.24, 2.45) is 0 Å². The molecule has 0 radical (unpaired) electrons. The lowest BCUT2D eigenvalue weighted by Gasteiger charge is -2.27. The first-order valence-electron chi connectivity index (χ1n) is 5.32. The van der Waals surface area contributed by atoms with Crippen LogP contribution in [0.15, 0.2) is 18.3 Å². The van der Waals surface area contributed by atoms with E-state index in [1.165, 1.54) is 19.4 Å². The number of rotatable bonds is 2. The van der Waals surface area contributed by atoms with E-state index in [1.54, 1.807) is 6.20 Å². The highest BCUT2D eigenvalue weighted by molar-refractivity contribution is 5.07. The van der Waals surface area contributed by atoms with Gasteiger partial charge in [0.2, 0.25) is 0 Å². The number of hydrogen-bond acceptors (Lipinski definition) is 3. The Morgan fingerprint density at radius 1 is 1.50 bits per heavy atom. The van der Waals surface area contributed by atoms with Crippen LogP contribution in [-0.2, 0) is 0 Å². The zero-order valence-electron chi connectivity index (χ0n) is 8.85. The van der Waals surface area contributed by atoms with Gasteiger partial charge in [0.15, 0.2) is 0 Å². The second-order valence-corrected chi connectivity index (χ2v) is 4.14. The van der Waals surface area contributed by atoms with Gasteiger partial charge < -0.3 is 0 Å². The Balaban J connectivity index is 2.18. The van der Waals surface area contributed by atoms with Gasteiger partial charge in [-0.1, -0.05) is 0 Å². The lowest BCUT2D eigenvalue weighted by molar-refractivity contribution is 0.201. The van der Waals surface area contributed by atoms with Crippen LogP contribution in [0, 0.1) is 0 Å². The van der Waals surface area contributed by atoms with E-state index in [1.807, 2.05) is 6.07 Å². The average Bonchev–Trinajstić information content (AvgIpc) is 2.67. The first-order chi connectivity index (χ1) is 6.79. The molecule has 0 bridgehead atoms. The lowest BCUT2D eigenvalue weighted by Crippen LogP contribution is -2.30. The fraction of sp³-hybridized carbons (Fsp3) is 0.636. The molecule has 1 aliphatic rings. The molecule has 76 valence electrons. The zero-order valence-corrected chi connectivity index (χ0v) is 8.85. The highest BCUT2D eigenvalue weighted by Crippen LogP contribution is 2.31. The zero-order chi connectivity index (χ0) is 9.97. The molecule has 1 saturated heterocycles. The first-order valence-corrected chi connectivity index (χ1v) is 5.32. The fourth-order valence-corrected chi connectivity index (χ4v) is 2.22. The van der Waals surface area contributed by atoms with Gasteiger partial charge >= 0.3 is 0 Å². The van der Waals surface area contributed by atoms with Crippen molar-refractivity contribution in [2.45, 2.75) is 38.8 Å². The van der Waals surface area contributed by atoms with Gasteiger partial charge in [-0.05, 0) is 45.4 Å². The summed E-state index contributed by atoms with van der Waals surface area (Å²) in [5.74, 6) is 0. The molecule has 0 amide bonds. The first kappa shape index (κ1) is 9.59. The monoisotopic (exact) mass is 191 g/mol. The number of likely N-dealkylation sites (tertiary alicyclic amines) is 1. The van der Waals surface area contributed by atoms with Gasteiger partial charge in [-0.15, -0.1) is 0 Å². The Kier molecular flexibility index (Phi) is 2.77. The molecule has 1 atom stereocenters. The predicted molar refractivity (Wildman–Crippen MR) is 55.8 cm³/mol. The quantitative estimate of drug-likeness (QED) is 0.716. The fourth-order valence-electron chi connectivity index (χ4n) is 2.22. The number of aromatic nitrogens is 2. The summed E-state index contributed by atoms with van der Waals surface area (Å²) in [6.45, 7) is 5.68. The number of hydrogen-bond donors (Lipinski definition) is 0. The minimum atomic E-state index is 0.490. The van der Waals surface area contributed by atoms with E-state index in [4.69, 9.17) is 0 Å². The average molecular weight is 191 g/mol. The van der Waals surface area contributed by atoms with E-state index < -0.39 is 0 Å². The van der Waals surface area contributed by atoms with Crippen molar-refractivity contribution in [2.75, 3.05) is 6.54 Å². The standard InChI is InChI=1S/C11H17N3/c1-9(2)14-8-4-6-11(14)10-5-3-7-12-13-10/h3,5,7,9,11H,4,6,8H2,1-2H3. The van der Waals surface area contributed by atoms with Crippen molar-refractivity contribution in [3.63, 3.8) is 0 Å². The van der Waals surface area contributed by atoms with Crippen molar-refractivity contribution in [3.05, 3.63) is 24.0 Å². The molecular formula is C11H17N3. The minimum absolute atomic E-state index is 0.490. The van der Waals surface area contributed by atoms with Gasteiger partial charge in [-0.3, -0.25) is 4.90 Å². The summed E-state index contributed by atoms with van der Waals surface area (Å²) in [6.07, 6.45) is 4.23. The van der Waals surface area contributed by atoms with E-state index in [0.29, 0.717) is 12.1 Å². The lowest BCUT2D eigenvalue weighted by atomic mass is 10.1. The third-order valence-electron chi connectivity index (χ3n) is 2.89. The van der Waals surface area contributed by atoms with Gasteiger partial charge in [-0.2, -0.15) is 10.2 Å². The summed E-state index contributed by atoms with van der Waals surface area (Å²) < 4.78 is 0. The van der Waals surface area contributed by atoms with Crippen molar-refractivity contribution >= 4 is 0 Å². The van der Waals surface area contributed by atoms with E-state index in [2.05, 4.69) is 35.0 Å². The molecule has 0 N–H and O–H groups in total. The summed E-state index contributed by atoms with van der Waals surface area (Å²) in [6, 6.07) is 5.14. The molecule has 14 heavy (non-hydrogen) atoms. The van der Waals surface area contributed by atoms with Crippen molar-refractivity contribution in [1.82, 2.24) is 15.1 Å².